The van der Waals surface area contributed by atoms with Gasteiger partial charge in [-0.2, -0.15) is 0 Å². The van der Waals surface area contributed by atoms with Crippen molar-refractivity contribution in [3.8, 4) is 5.75 Å². The summed E-state index contributed by atoms with van der Waals surface area (Å²) >= 11 is 0. The second-order valence-electron chi connectivity index (χ2n) is 8.26. The summed E-state index contributed by atoms with van der Waals surface area (Å²) in [4.78, 5) is 0. The SMILES string of the molecule is Nc1ccccc1Nc1cc2c(cc1O)[C@]13CCCC[C@@H]1[C@H](C2)NCC3. The molecule has 0 unspecified atom stereocenters. The zero-order chi connectivity index (χ0) is 17.7. The minimum absolute atomic E-state index is 0.267. The monoisotopic (exact) mass is 349 g/mol. The molecule has 0 radical (unpaired) electrons. The molecule has 2 bridgehead atoms. The highest BCUT2D eigenvalue weighted by Crippen LogP contribution is 2.55. The van der Waals surface area contributed by atoms with Crippen molar-refractivity contribution in [2.75, 3.05) is 17.6 Å². The van der Waals surface area contributed by atoms with Gasteiger partial charge in [0.2, 0.25) is 0 Å². The van der Waals surface area contributed by atoms with Crippen LogP contribution in [0, 0.1) is 5.92 Å². The summed E-state index contributed by atoms with van der Waals surface area (Å²) in [6, 6.07) is 12.5. The predicted molar refractivity (Wildman–Crippen MR) is 106 cm³/mol. The maximum Gasteiger partial charge on any atom is 0.139 e. The molecule has 5 rings (SSSR count). The van der Waals surface area contributed by atoms with Crippen molar-refractivity contribution in [2.24, 2.45) is 5.92 Å². The number of aromatic hydroxyl groups is 1. The van der Waals surface area contributed by atoms with E-state index in [1.807, 2.05) is 24.3 Å². The second kappa shape index (κ2) is 5.92. The fourth-order valence-corrected chi connectivity index (χ4v) is 5.83. The predicted octanol–water partition coefficient (Wildman–Crippen LogP) is 4.06. The quantitative estimate of drug-likeness (QED) is 0.487. The van der Waals surface area contributed by atoms with Crippen LogP contribution < -0.4 is 16.4 Å². The van der Waals surface area contributed by atoms with Gasteiger partial charge in [0.1, 0.15) is 5.75 Å². The number of para-hydroxylation sites is 2. The molecule has 2 aromatic rings. The van der Waals surface area contributed by atoms with E-state index in [2.05, 4.69) is 22.8 Å². The van der Waals surface area contributed by atoms with Crippen LogP contribution in [-0.4, -0.2) is 17.7 Å². The topological polar surface area (TPSA) is 70.3 Å². The molecule has 1 saturated carbocycles. The summed E-state index contributed by atoms with van der Waals surface area (Å²) in [5.41, 5.74) is 11.4. The Hall–Kier alpha value is -2.20. The van der Waals surface area contributed by atoms with E-state index in [1.165, 1.54) is 43.2 Å². The first-order valence-corrected chi connectivity index (χ1v) is 9.89. The van der Waals surface area contributed by atoms with E-state index < -0.39 is 0 Å². The highest BCUT2D eigenvalue weighted by atomic mass is 16.3. The van der Waals surface area contributed by atoms with Crippen molar-refractivity contribution in [1.29, 1.82) is 0 Å². The van der Waals surface area contributed by atoms with E-state index in [9.17, 15) is 5.11 Å². The summed E-state index contributed by atoms with van der Waals surface area (Å²) in [6.45, 7) is 1.10. The Labute approximate surface area is 154 Å². The number of nitrogens with two attached hydrogens (primary N) is 1. The van der Waals surface area contributed by atoms with E-state index in [1.54, 1.807) is 0 Å². The number of nitrogens with one attached hydrogen (secondary N) is 2. The lowest BCUT2D eigenvalue weighted by atomic mass is 9.53. The van der Waals surface area contributed by atoms with Crippen molar-refractivity contribution in [3.63, 3.8) is 0 Å². The lowest BCUT2D eigenvalue weighted by Gasteiger charge is -2.56. The number of fused-ring (bicyclic) bond motifs is 1. The highest BCUT2D eigenvalue weighted by molar-refractivity contribution is 5.76. The van der Waals surface area contributed by atoms with Gasteiger partial charge >= 0.3 is 0 Å². The fourth-order valence-electron chi connectivity index (χ4n) is 5.83. The van der Waals surface area contributed by atoms with Gasteiger partial charge in [-0.1, -0.05) is 25.0 Å². The lowest BCUT2D eigenvalue weighted by Crippen LogP contribution is -2.59. The molecule has 2 aromatic carbocycles. The van der Waals surface area contributed by atoms with Gasteiger partial charge in [0.25, 0.3) is 0 Å². The molecule has 1 saturated heterocycles. The van der Waals surface area contributed by atoms with E-state index in [4.69, 9.17) is 5.73 Å². The lowest BCUT2D eigenvalue weighted by molar-refractivity contribution is 0.0796. The molecule has 4 heteroatoms. The van der Waals surface area contributed by atoms with Crippen LogP contribution in [0.5, 0.6) is 5.75 Å². The number of piperidine rings is 1. The largest absolute Gasteiger partial charge is 0.506 e. The molecule has 2 aliphatic carbocycles. The number of rotatable bonds is 2. The number of anilines is 3. The van der Waals surface area contributed by atoms with Crippen LogP contribution in [0.2, 0.25) is 0 Å². The second-order valence-corrected chi connectivity index (χ2v) is 8.26. The van der Waals surface area contributed by atoms with Crippen molar-refractivity contribution >= 4 is 17.1 Å². The van der Waals surface area contributed by atoms with Crippen LogP contribution in [0.25, 0.3) is 0 Å². The van der Waals surface area contributed by atoms with E-state index in [-0.39, 0.29) is 5.41 Å². The molecule has 0 spiro atoms. The van der Waals surface area contributed by atoms with Crippen molar-refractivity contribution in [1.82, 2.24) is 5.32 Å². The maximum absolute atomic E-state index is 10.8. The Bertz CT molecular complexity index is 845. The zero-order valence-electron chi connectivity index (χ0n) is 15.1. The number of nitrogen functional groups attached to an aromatic ring is 1. The Balaban J connectivity index is 1.57. The molecular formula is C22H27N3O. The molecule has 1 heterocycles. The standard InChI is InChI=1S/C22H27N3O/c23-17-6-1-2-7-18(17)25-20-12-14-11-19-15-5-3-4-8-22(15,9-10-24-19)16(14)13-21(20)26/h1-2,6-7,12-13,15,19,24-26H,3-5,8-11,23H2/t15-,19+,22+/m1/s1. The summed E-state index contributed by atoms with van der Waals surface area (Å²) in [5.74, 6) is 1.06. The van der Waals surface area contributed by atoms with Gasteiger partial charge in [0.05, 0.1) is 17.1 Å². The average molecular weight is 349 g/mol. The normalized spacial score (nSPS) is 29.5. The molecule has 1 aliphatic heterocycles. The third-order valence-electron chi connectivity index (χ3n) is 6.99. The first kappa shape index (κ1) is 16.0. The van der Waals surface area contributed by atoms with Crippen LogP contribution in [0.15, 0.2) is 36.4 Å². The van der Waals surface area contributed by atoms with Gasteiger partial charge in [0.15, 0.2) is 0 Å². The van der Waals surface area contributed by atoms with Crippen LogP contribution in [0.1, 0.15) is 43.2 Å². The van der Waals surface area contributed by atoms with Crippen LogP contribution in [0.4, 0.5) is 17.1 Å². The molecular weight excluding hydrogens is 322 g/mol. The Morgan fingerprint density at radius 1 is 1.12 bits per heavy atom. The molecule has 26 heavy (non-hydrogen) atoms. The molecule has 3 aliphatic rings. The van der Waals surface area contributed by atoms with Crippen LogP contribution in [-0.2, 0) is 11.8 Å². The molecule has 0 amide bonds. The van der Waals surface area contributed by atoms with Crippen molar-refractivity contribution < 1.29 is 5.11 Å². The summed E-state index contributed by atoms with van der Waals surface area (Å²) in [6.07, 6.45) is 7.49. The Kier molecular flexibility index (Phi) is 3.64. The number of phenolic OH excluding ortho intramolecular Hbond substituents is 1. The molecule has 0 aromatic heterocycles. The highest BCUT2D eigenvalue weighted by Gasteiger charge is 2.51. The minimum atomic E-state index is 0.267. The van der Waals surface area contributed by atoms with Gasteiger partial charge in [-0.05, 0) is 73.5 Å². The van der Waals surface area contributed by atoms with E-state index in [0.29, 0.717) is 17.5 Å². The molecule has 3 atom stereocenters. The number of hydrogen-bond acceptors (Lipinski definition) is 4. The zero-order valence-corrected chi connectivity index (χ0v) is 15.1. The van der Waals surface area contributed by atoms with Gasteiger partial charge in [-0.15, -0.1) is 0 Å². The first-order valence-electron chi connectivity index (χ1n) is 9.89. The van der Waals surface area contributed by atoms with Gasteiger partial charge in [0, 0.05) is 11.5 Å². The van der Waals surface area contributed by atoms with Gasteiger partial charge < -0.3 is 21.5 Å². The molecule has 2 fully saturated rings. The fraction of sp³-hybridized carbons (Fsp3) is 0.455. The van der Waals surface area contributed by atoms with Crippen LogP contribution >= 0.6 is 0 Å². The minimum Gasteiger partial charge on any atom is -0.506 e. The number of phenols is 1. The van der Waals surface area contributed by atoms with Crippen molar-refractivity contribution in [2.45, 2.75) is 50.0 Å². The third kappa shape index (κ3) is 2.32. The van der Waals surface area contributed by atoms with E-state index in [0.717, 1.165) is 30.3 Å². The Morgan fingerprint density at radius 3 is 2.88 bits per heavy atom. The molecule has 136 valence electrons. The average Bonchev–Trinajstić information content (AvgIpc) is 2.65. The van der Waals surface area contributed by atoms with Gasteiger partial charge in [-0.3, -0.25) is 0 Å². The Morgan fingerprint density at radius 2 is 2.00 bits per heavy atom. The molecule has 4 nitrogen and oxygen atoms in total. The third-order valence-corrected chi connectivity index (χ3v) is 6.99. The number of hydrogen-bond donors (Lipinski definition) is 4. The summed E-state index contributed by atoms with van der Waals surface area (Å²) < 4.78 is 0. The van der Waals surface area contributed by atoms with Gasteiger partial charge in [-0.25, -0.2) is 0 Å². The summed E-state index contributed by atoms with van der Waals surface area (Å²) in [5, 5.41) is 17.9. The van der Waals surface area contributed by atoms with Crippen LogP contribution in [0.3, 0.4) is 0 Å². The number of benzene rings is 2. The summed E-state index contributed by atoms with van der Waals surface area (Å²) in [7, 11) is 0. The smallest absolute Gasteiger partial charge is 0.139 e. The van der Waals surface area contributed by atoms with Crippen molar-refractivity contribution in [3.05, 3.63) is 47.5 Å². The first-order chi connectivity index (χ1) is 12.7. The van der Waals surface area contributed by atoms with E-state index >= 15 is 0 Å². The molecule has 5 N–H and O–H groups in total. The maximum atomic E-state index is 10.8.